The molecule has 0 N–H and O–H groups in total. The van der Waals surface area contributed by atoms with Crippen LogP contribution in [0, 0.1) is 0 Å². The summed E-state index contributed by atoms with van der Waals surface area (Å²) in [6.07, 6.45) is 7.50. The normalized spacial score (nSPS) is 13.0. The summed E-state index contributed by atoms with van der Waals surface area (Å²) in [5.74, 6) is 0. The fourth-order valence-electron chi connectivity index (χ4n) is 8.24. The molecule has 49 heavy (non-hydrogen) atoms. The second kappa shape index (κ2) is 10.7. The maximum absolute atomic E-state index is 5.11. The van der Waals surface area contributed by atoms with Crippen LogP contribution in [-0.2, 0) is 0 Å². The van der Waals surface area contributed by atoms with Crippen LogP contribution in [-0.4, -0.2) is 9.97 Å². The summed E-state index contributed by atoms with van der Waals surface area (Å²) in [5, 5.41) is 5.22. The highest BCUT2D eigenvalue weighted by Crippen LogP contribution is 2.50. The van der Waals surface area contributed by atoms with Crippen LogP contribution in [0.2, 0.25) is 0 Å². The number of aromatic nitrogens is 2. The summed E-state index contributed by atoms with van der Waals surface area (Å²) in [7, 11) is 0. The Hall–Kier alpha value is -6.12. The molecule has 2 aliphatic carbocycles. The monoisotopic (exact) mass is 624 g/mol. The zero-order valence-electron chi connectivity index (χ0n) is 27.5. The van der Waals surface area contributed by atoms with E-state index in [9.17, 15) is 0 Å². The van der Waals surface area contributed by atoms with Crippen molar-refractivity contribution in [1.82, 2.24) is 9.97 Å². The fourth-order valence-corrected chi connectivity index (χ4v) is 8.24. The lowest BCUT2D eigenvalue weighted by atomic mass is 9.88. The highest BCUT2D eigenvalue weighted by molar-refractivity contribution is 6.20. The van der Waals surface area contributed by atoms with Crippen molar-refractivity contribution in [2.75, 3.05) is 0 Å². The van der Waals surface area contributed by atoms with E-state index in [0.29, 0.717) is 0 Å². The van der Waals surface area contributed by atoms with Crippen molar-refractivity contribution >= 4 is 43.7 Å². The summed E-state index contributed by atoms with van der Waals surface area (Å²) >= 11 is 0. The number of hydrogen-bond acceptors (Lipinski definition) is 2. The Labute approximate surface area is 285 Å². The first-order chi connectivity index (χ1) is 24.2. The van der Waals surface area contributed by atoms with Gasteiger partial charge in [0.15, 0.2) is 0 Å². The van der Waals surface area contributed by atoms with Gasteiger partial charge >= 0.3 is 0 Å². The molecule has 0 bridgehead atoms. The van der Waals surface area contributed by atoms with E-state index in [4.69, 9.17) is 9.97 Å². The maximum atomic E-state index is 5.11. The molecule has 10 rings (SSSR count). The van der Waals surface area contributed by atoms with Gasteiger partial charge in [0.1, 0.15) is 0 Å². The first-order valence-corrected chi connectivity index (χ1v) is 17.2. The van der Waals surface area contributed by atoms with Crippen LogP contribution in [0.4, 0.5) is 0 Å². The third-order valence-electron chi connectivity index (χ3n) is 10.5. The SMILES string of the molecule is CC/C=C\C1=C(C)c2cccc3c(-c4cc(-c5cnc6ccccc6n5)cc(-c5ccc6c7c(cccc57)-c5ccccc5-6)c4)ccc1c23. The minimum atomic E-state index is 0.871. The molecule has 1 aromatic heterocycles. The van der Waals surface area contributed by atoms with Crippen molar-refractivity contribution in [1.29, 1.82) is 0 Å². The smallest absolute Gasteiger partial charge is 0.0894 e. The molecule has 2 aliphatic rings. The van der Waals surface area contributed by atoms with Crippen LogP contribution in [0.1, 0.15) is 31.4 Å². The van der Waals surface area contributed by atoms with Crippen molar-refractivity contribution < 1.29 is 0 Å². The quantitative estimate of drug-likeness (QED) is 0.190. The van der Waals surface area contributed by atoms with Gasteiger partial charge in [-0.1, -0.05) is 116 Å². The maximum Gasteiger partial charge on any atom is 0.0894 e. The molecule has 0 fully saturated rings. The van der Waals surface area contributed by atoms with Gasteiger partial charge in [0.2, 0.25) is 0 Å². The van der Waals surface area contributed by atoms with Gasteiger partial charge in [-0.05, 0) is 132 Å². The molecule has 0 unspecified atom stereocenters. The van der Waals surface area contributed by atoms with E-state index in [-0.39, 0.29) is 0 Å². The number of hydrogen-bond donors (Lipinski definition) is 0. The molecule has 1 heterocycles. The molecule has 230 valence electrons. The van der Waals surface area contributed by atoms with Crippen molar-refractivity contribution in [3.63, 3.8) is 0 Å². The van der Waals surface area contributed by atoms with Gasteiger partial charge in [0, 0.05) is 5.56 Å². The fraction of sp³-hybridized carbons (Fsp3) is 0.0638. The van der Waals surface area contributed by atoms with Gasteiger partial charge in [-0.2, -0.15) is 0 Å². The largest absolute Gasteiger partial charge is 0.252 e. The molecule has 0 spiro atoms. The predicted molar refractivity (Wildman–Crippen MR) is 207 cm³/mol. The van der Waals surface area contributed by atoms with E-state index in [1.165, 1.54) is 88.3 Å². The van der Waals surface area contributed by atoms with Gasteiger partial charge in [-0.3, -0.25) is 4.98 Å². The van der Waals surface area contributed by atoms with E-state index < -0.39 is 0 Å². The Bertz CT molecular complexity index is 2730. The van der Waals surface area contributed by atoms with Crippen LogP contribution in [0.3, 0.4) is 0 Å². The highest BCUT2D eigenvalue weighted by Gasteiger charge is 2.24. The van der Waals surface area contributed by atoms with Crippen LogP contribution >= 0.6 is 0 Å². The van der Waals surface area contributed by atoms with Gasteiger partial charge < -0.3 is 0 Å². The summed E-state index contributed by atoms with van der Waals surface area (Å²) < 4.78 is 0. The minimum Gasteiger partial charge on any atom is -0.252 e. The van der Waals surface area contributed by atoms with Gasteiger partial charge in [0.25, 0.3) is 0 Å². The van der Waals surface area contributed by atoms with Gasteiger partial charge in [-0.15, -0.1) is 0 Å². The number of fused-ring (bicyclic) bond motifs is 4. The summed E-state index contributed by atoms with van der Waals surface area (Å²) in [4.78, 5) is 9.93. The van der Waals surface area contributed by atoms with E-state index >= 15 is 0 Å². The molecule has 0 atom stereocenters. The van der Waals surface area contributed by atoms with Gasteiger partial charge in [0.05, 0.1) is 22.9 Å². The molecular formula is C47H32N2. The van der Waals surface area contributed by atoms with E-state index in [1.54, 1.807) is 0 Å². The third-order valence-corrected chi connectivity index (χ3v) is 10.5. The zero-order valence-corrected chi connectivity index (χ0v) is 27.5. The standard InChI is InChI=1S/C47H32N2/c1-3-4-11-32-28(2)33-14-9-15-38-34(20-22-41(32)46(33)38)29-24-30(26-31(25-29)45-27-48-43-18-7-8-19-44(43)49-45)35-21-23-42-37-13-6-5-12-36(37)40-17-10-16-39(35)47(40)42/h4-27H,3H2,1-2H3/b11-4-. The summed E-state index contributed by atoms with van der Waals surface area (Å²) in [5.41, 5.74) is 19.1. The summed E-state index contributed by atoms with van der Waals surface area (Å²) in [6, 6.07) is 46.6. The number of para-hydroxylation sites is 2. The lowest BCUT2D eigenvalue weighted by Gasteiger charge is -2.16. The Balaban J connectivity index is 1.23. The zero-order chi connectivity index (χ0) is 32.6. The molecule has 2 heteroatoms. The Morgan fingerprint density at radius 1 is 0.510 bits per heavy atom. The Kier molecular flexibility index (Phi) is 6.10. The van der Waals surface area contributed by atoms with E-state index in [2.05, 4.69) is 129 Å². The summed E-state index contributed by atoms with van der Waals surface area (Å²) in [6.45, 7) is 4.45. The van der Waals surface area contributed by atoms with E-state index in [1.807, 2.05) is 30.5 Å². The third kappa shape index (κ3) is 4.14. The molecule has 0 radical (unpaired) electrons. The minimum absolute atomic E-state index is 0.871. The lowest BCUT2D eigenvalue weighted by molar-refractivity contribution is 1.23. The van der Waals surface area contributed by atoms with Crippen LogP contribution in [0.15, 0.2) is 146 Å². The number of benzene rings is 7. The van der Waals surface area contributed by atoms with Crippen LogP contribution in [0.25, 0.3) is 99.5 Å². The van der Waals surface area contributed by atoms with Crippen LogP contribution in [0.5, 0.6) is 0 Å². The molecule has 0 saturated carbocycles. The molecule has 0 saturated heterocycles. The number of rotatable bonds is 5. The topological polar surface area (TPSA) is 25.8 Å². The van der Waals surface area contributed by atoms with Crippen molar-refractivity contribution in [2.24, 2.45) is 0 Å². The lowest BCUT2D eigenvalue weighted by Crippen LogP contribution is -1.92. The Morgan fingerprint density at radius 3 is 1.78 bits per heavy atom. The van der Waals surface area contributed by atoms with Crippen molar-refractivity contribution in [3.8, 4) is 55.8 Å². The first-order valence-electron chi connectivity index (χ1n) is 17.2. The van der Waals surface area contributed by atoms with E-state index in [0.717, 1.165) is 28.7 Å². The molecule has 0 amide bonds. The molecular weight excluding hydrogens is 593 g/mol. The predicted octanol–water partition coefficient (Wildman–Crippen LogP) is 12.8. The molecule has 0 aliphatic heterocycles. The average Bonchev–Trinajstić information content (AvgIpc) is 3.63. The number of nitrogens with zero attached hydrogens (tertiary/aromatic N) is 2. The first kappa shape index (κ1) is 27.9. The Morgan fingerprint density at radius 2 is 1.06 bits per heavy atom. The second-order valence-electron chi connectivity index (χ2n) is 13.2. The van der Waals surface area contributed by atoms with Gasteiger partial charge in [-0.25, -0.2) is 4.98 Å². The van der Waals surface area contributed by atoms with Crippen LogP contribution < -0.4 is 0 Å². The van der Waals surface area contributed by atoms with Crippen molar-refractivity contribution in [3.05, 3.63) is 157 Å². The number of allylic oxidation sites excluding steroid dienone is 4. The molecule has 8 aromatic rings. The highest BCUT2D eigenvalue weighted by atomic mass is 14.8. The molecule has 2 nitrogen and oxygen atoms in total. The second-order valence-corrected chi connectivity index (χ2v) is 13.2. The van der Waals surface area contributed by atoms with Crippen molar-refractivity contribution in [2.45, 2.75) is 20.3 Å². The average molecular weight is 625 g/mol. The molecule has 7 aromatic carbocycles.